The Morgan fingerprint density at radius 2 is 1.59 bits per heavy atom. The highest BCUT2D eigenvalue weighted by molar-refractivity contribution is 7.89. The normalized spacial score (nSPS) is 12.8. The molecular weight excluding hydrogens is 325 g/mol. The lowest BCUT2D eigenvalue weighted by Gasteiger charge is -2.19. The molecule has 124 valence electrons. The first-order valence-corrected chi connectivity index (χ1v) is 7.48. The summed E-state index contributed by atoms with van der Waals surface area (Å²) in [6.07, 6.45) is -5.60. The maximum Gasteiger partial charge on any atom is 0.423 e. The summed E-state index contributed by atoms with van der Waals surface area (Å²) >= 11 is 0. The minimum atomic E-state index is -4.56. The van der Waals surface area contributed by atoms with Crippen molar-refractivity contribution in [3.8, 4) is 0 Å². The van der Waals surface area contributed by atoms with Gasteiger partial charge in [-0.2, -0.15) is 13.2 Å². The van der Waals surface area contributed by atoms with Gasteiger partial charge < -0.3 is 4.74 Å². The van der Waals surface area contributed by atoms with E-state index in [9.17, 15) is 26.4 Å². The van der Waals surface area contributed by atoms with Crippen molar-refractivity contribution in [1.82, 2.24) is 10.3 Å². The fraction of sp³-hybridized carbons (Fsp3) is 0.417. The van der Waals surface area contributed by atoms with Crippen LogP contribution in [0.5, 0.6) is 0 Å². The first-order valence-electron chi connectivity index (χ1n) is 5.99. The van der Waals surface area contributed by atoms with E-state index in [1.165, 1.54) is 0 Å². The number of halogens is 3. The predicted octanol–water partition coefficient (Wildman–Crippen LogP) is 2.42. The number of benzene rings is 1. The SMILES string of the molecule is CC(C)(C)OC(=O)NNS(=O)(=O)c1ccc(C(F)(F)F)cc1. The minimum absolute atomic E-state index is 0.434. The van der Waals surface area contributed by atoms with Gasteiger partial charge in [0.15, 0.2) is 0 Å². The Hall–Kier alpha value is -1.81. The monoisotopic (exact) mass is 340 g/mol. The van der Waals surface area contributed by atoms with Gasteiger partial charge in [-0.15, -0.1) is 4.83 Å². The van der Waals surface area contributed by atoms with E-state index in [0.29, 0.717) is 12.1 Å². The van der Waals surface area contributed by atoms with Crippen molar-refractivity contribution in [2.75, 3.05) is 0 Å². The summed E-state index contributed by atoms with van der Waals surface area (Å²) < 4.78 is 65.6. The minimum Gasteiger partial charge on any atom is -0.443 e. The summed E-state index contributed by atoms with van der Waals surface area (Å²) in [5.41, 5.74) is -0.00806. The molecule has 0 fully saturated rings. The Kier molecular flexibility index (Phi) is 5.08. The molecule has 0 atom stereocenters. The average Bonchev–Trinajstić information content (AvgIpc) is 2.34. The summed E-state index contributed by atoms with van der Waals surface area (Å²) in [5, 5.41) is 0. The fourth-order valence-electron chi connectivity index (χ4n) is 1.29. The molecule has 0 unspecified atom stereocenters. The summed E-state index contributed by atoms with van der Waals surface area (Å²) in [5.74, 6) is 0. The van der Waals surface area contributed by atoms with Crippen LogP contribution in [0.3, 0.4) is 0 Å². The smallest absolute Gasteiger partial charge is 0.423 e. The molecule has 0 aliphatic carbocycles. The maximum atomic E-state index is 12.4. The van der Waals surface area contributed by atoms with E-state index in [0.717, 1.165) is 12.1 Å². The largest absolute Gasteiger partial charge is 0.443 e. The van der Waals surface area contributed by atoms with Crippen LogP contribution in [0.2, 0.25) is 0 Å². The van der Waals surface area contributed by atoms with Crippen LogP contribution >= 0.6 is 0 Å². The number of hydrogen-bond acceptors (Lipinski definition) is 4. The number of alkyl halides is 3. The third kappa shape index (κ3) is 5.53. The molecule has 1 amide bonds. The lowest BCUT2D eigenvalue weighted by molar-refractivity contribution is -0.137. The summed E-state index contributed by atoms with van der Waals surface area (Å²) in [4.78, 5) is 12.6. The number of ether oxygens (including phenoxy) is 1. The van der Waals surface area contributed by atoms with Gasteiger partial charge in [-0.1, -0.05) is 0 Å². The number of carbonyl (C=O) groups is 1. The number of hydrogen-bond donors (Lipinski definition) is 2. The number of hydrazine groups is 1. The number of amides is 1. The highest BCUT2D eigenvalue weighted by atomic mass is 32.2. The van der Waals surface area contributed by atoms with E-state index in [4.69, 9.17) is 4.74 Å². The van der Waals surface area contributed by atoms with Gasteiger partial charge in [-0.05, 0) is 45.0 Å². The summed E-state index contributed by atoms with van der Waals surface area (Å²) in [6, 6.07) is 2.81. The highest BCUT2D eigenvalue weighted by Gasteiger charge is 2.30. The molecule has 10 heteroatoms. The zero-order chi connectivity index (χ0) is 17.2. The van der Waals surface area contributed by atoms with Crippen LogP contribution in [-0.4, -0.2) is 20.1 Å². The molecule has 6 nitrogen and oxygen atoms in total. The molecule has 0 saturated carbocycles. The molecule has 1 aromatic carbocycles. The van der Waals surface area contributed by atoms with Gasteiger partial charge in [0.2, 0.25) is 0 Å². The van der Waals surface area contributed by atoms with Crippen LogP contribution in [0.25, 0.3) is 0 Å². The van der Waals surface area contributed by atoms with Crippen LogP contribution in [0.1, 0.15) is 26.3 Å². The zero-order valence-corrected chi connectivity index (χ0v) is 12.8. The second kappa shape index (κ2) is 6.13. The Morgan fingerprint density at radius 3 is 2.00 bits per heavy atom. The fourth-order valence-corrected chi connectivity index (χ4v) is 2.12. The maximum absolute atomic E-state index is 12.4. The van der Waals surface area contributed by atoms with Gasteiger partial charge in [0.1, 0.15) is 5.60 Å². The standard InChI is InChI=1S/C12H15F3N2O4S/c1-11(2,3)21-10(18)16-17-22(19,20)9-6-4-8(5-7-9)12(13,14)15/h4-7,17H,1-3H3,(H,16,18). The van der Waals surface area contributed by atoms with Crippen molar-refractivity contribution >= 4 is 16.1 Å². The first kappa shape index (κ1) is 18.2. The molecule has 1 aromatic rings. The van der Waals surface area contributed by atoms with Crippen LogP contribution in [-0.2, 0) is 20.9 Å². The number of rotatable bonds is 3. The van der Waals surface area contributed by atoms with E-state index in [1.807, 2.05) is 0 Å². The first-order chi connectivity index (χ1) is 9.81. The van der Waals surface area contributed by atoms with E-state index in [-0.39, 0.29) is 0 Å². The van der Waals surface area contributed by atoms with E-state index < -0.39 is 38.4 Å². The number of carbonyl (C=O) groups excluding carboxylic acids is 1. The molecule has 0 radical (unpaired) electrons. The molecule has 2 N–H and O–H groups in total. The molecule has 1 rings (SSSR count). The number of nitrogens with one attached hydrogen (secondary N) is 2. The van der Waals surface area contributed by atoms with E-state index in [2.05, 4.69) is 0 Å². The molecular formula is C12H15F3N2O4S. The molecule has 0 bridgehead atoms. The second-order valence-corrected chi connectivity index (χ2v) is 6.94. The molecule has 0 aliphatic rings. The topological polar surface area (TPSA) is 84.5 Å². The zero-order valence-electron chi connectivity index (χ0n) is 12.0. The van der Waals surface area contributed by atoms with Gasteiger partial charge in [0.25, 0.3) is 10.0 Å². The van der Waals surface area contributed by atoms with Crippen LogP contribution < -0.4 is 10.3 Å². The number of sulfonamides is 1. The van der Waals surface area contributed by atoms with Crippen LogP contribution in [0.15, 0.2) is 29.2 Å². The van der Waals surface area contributed by atoms with Crippen LogP contribution in [0, 0.1) is 0 Å². The van der Waals surface area contributed by atoms with Gasteiger partial charge >= 0.3 is 12.3 Å². The second-order valence-electron chi connectivity index (χ2n) is 5.25. The quantitative estimate of drug-likeness (QED) is 0.828. The molecule has 0 heterocycles. The third-order valence-electron chi connectivity index (χ3n) is 2.18. The van der Waals surface area contributed by atoms with Gasteiger partial charge in [0, 0.05) is 0 Å². The Bertz CT molecular complexity index is 634. The third-order valence-corrected chi connectivity index (χ3v) is 3.44. The van der Waals surface area contributed by atoms with Crippen molar-refractivity contribution < 1.29 is 31.1 Å². The Balaban J connectivity index is 2.77. The van der Waals surface area contributed by atoms with E-state index >= 15 is 0 Å². The van der Waals surface area contributed by atoms with Gasteiger partial charge in [0.05, 0.1) is 10.5 Å². The van der Waals surface area contributed by atoms with Crippen molar-refractivity contribution in [3.63, 3.8) is 0 Å². The van der Waals surface area contributed by atoms with Crippen molar-refractivity contribution in [2.45, 2.75) is 37.4 Å². The molecule has 22 heavy (non-hydrogen) atoms. The Morgan fingerprint density at radius 1 is 1.09 bits per heavy atom. The lowest BCUT2D eigenvalue weighted by atomic mass is 10.2. The average molecular weight is 340 g/mol. The van der Waals surface area contributed by atoms with E-state index in [1.54, 1.807) is 31.0 Å². The van der Waals surface area contributed by atoms with Crippen LogP contribution in [0.4, 0.5) is 18.0 Å². The molecule has 0 aliphatic heterocycles. The summed E-state index contributed by atoms with van der Waals surface area (Å²) in [7, 11) is -4.20. The van der Waals surface area contributed by atoms with Crippen molar-refractivity contribution in [2.24, 2.45) is 0 Å². The van der Waals surface area contributed by atoms with Gasteiger partial charge in [-0.25, -0.2) is 18.6 Å². The Labute approximate surface area is 125 Å². The molecule has 0 saturated heterocycles. The lowest BCUT2D eigenvalue weighted by Crippen LogP contribution is -2.44. The molecule has 0 aromatic heterocycles. The summed E-state index contributed by atoms with van der Waals surface area (Å²) in [6.45, 7) is 4.74. The molecule has 0 spiro atoms. The van der Waals surface area contributed by atoms with Crippen molar-refractivity contribution in [3.05, 3.63) is 29.8 Å². The predicted molar refractivity (Wildman–Crippen MR) is 71.1 cm³/mol. The van der Waals surface area contributed by atoms with Crippen molar-refractivity contribution in [1.29, 1.82) is 0 Å². The van der Waals surface area contributed by atoms with Gasteiger partial charge in [-0.3, -0.25) is 0 Å². The highest BCUT2D eigenvalue weighted by Crippen LogP contribution is 2.29.